The van der Waals surface area contributed by atoms with Gasteiger partial charge in [0.25, 0.3) is 5.91 Å². The van der Waals surface area contributed by atoms with Crippen LogP contribution >= 0.6 is 0 Å². The summed E-state index contributed by atoms with van der Waals surface area (Å²) >= 11 is 0. The third kappa shape index (κ3) is 5.22. The molecule has 3 aromatic rings. The lowest BCUT2D eigenvalue weighted by Crippen LogP contribution is -2.14. The van der Waals surface area contributed by atoms with E-state index in [1.165, 1.54) is 19.4 Å². The van der Waals surface area contributed by atoms with Crippen LogP contribution in [0.1, 0.15) is 15.9 Å². The Kier molecular flexibility index (Phi) is 6.63. The number of aromatic nitrogens is 1. The van der Waals surface area contributed by atoms with Crippen molar-refractivity contribution < 1.29 is 18.7 Å². The van der Waals surface area contributed by atoms with Crippen LogP contribution in [0.3, 0.4) is 0 Å². The van der Waals surface area contributed by atoms with Crippen LogP contribution in [0, 0.1) is 5.82 Å². The quantitative estimate of drug-likeness (QED) is 0.600. The third-order valence-electron chi connectivity index (χ3n) is 4.34. The van der Waals surface area contributed by atoms with E-state index >= 15 is 0 Å². The van der Waals surface area contributed by atoms with Gasteiger partial charge in [-0.15, -0.1) is 0 Å². The molecule has 6 nitrogen and oxygen atoms in total. The highest BCUT2D eigenvalue weighted by Crippen LogP contribution is 2.29. The minimum atomic E-state index is -0.321. The van der Waals surface area contributed by atoms with E-state index in [9.17, 15) is 9.18 Å². The zero-order chi connectivity index (χ0) is 20.6. The molecular formula is C22H22FN3O3. The number of pyridine rings is 1. The summed E-state index contributed by atoms with van der Waals surface area (Å²) in [5, 5.41) is 5.98. The number of nitrogens with zero attached hydrogens (tertiary/aromatic N) is 1. The van der Waals surface area contributed by atoms with E-state index in [2.05, 4.69) is 15.6 Å². The lowest BCUT2D eigenvalue weighted by molar-refractivity contribution is 0.102. The van der Waals surface area contributed by atoms with Gasteiger partial charge < -0.3 is 20.1 Å². The van der Waals surface area contributed by atoms with Crippen LogP contribution in [0.2, 0.25) is 0 Å². The van der Waals surface area contributed by atoms with Gasteiger partial charge >= 0.3 is 0 Å². The van der Waals surface area contributed by atoms with E-state index in [4.69, 9.17) is 9.47 Å². The molecule has 0 saturated heterocycles. The molecule has 0 radical (unpaired) electrons. The highest BCUT2D eigenvalue weighted by Gasteiger charge is 2.12. The summed E-state index contributed by atoms with van der Waals surface area (Å²) < 4.78 is 24.1. The molecule has 3 rings (SSSR count). The lowest BCUT2D eigenvalue weighted by Gasteiger charge is -2.12. The second-order valence-electron chi connectivity index (χ2n) is 6.25. The predicted octanol–water partition coefficient (Wildman–Crippen LogP) is 4.14. The number of nitrogens with one attached hydrogen (secondary N) is 2. The molecular weight excluding hydrogens is 373 g/mol. The first-order valence-corrected chi connectivity index (χ1v) is 9.06. The molecule has 0 spiro atoms. The van der Waals surface area contributed by atoms with E-state index in [-0.39, 0.29) is 11.7 Å². The molecule has 1 aromatic heterocycles. The Morgan fingerprint density at radius 3 is 2.66 bits per heavy atom. The molecule has 0 aliphatic rings. The largest absolute Gasteiger partial charge is 0.497 e. The molecule has 0 aliphatic carbocycles. The number of hydrogen-bond donors (Lipinski definition) is 2. The number of hydrogen-bond acceptors (Lipinski definition) is 5. The fourth-order valence-corrected chi connectivity index (χ4v) is 2.80. The first kappa shape index (κ1) is 20.1. The second-order valence-corrected chi connectivity index (χ2v) is 6.25. The summed E-state index contributed by atoms with van der Waals surface area (Å²) in [7, 11) is 3.08. The molecule has 2 N–H and O–H groups in total. The zero-order valence-electron chi connectivity index (χ0n) is 16.2. The van der Waals surface area contributed by atoms with E-state index in [1.54, 1.807) is 55.8 Å². The summed E-state index contributed by atoms with van der Waals surface area (Å²) in [5.74, 6) is 0.570. The van der Waals surface area contributed by atoms with Gasteiger partial charge in [0.1, 0.15) is 17.3 Å². The maximum absolute atomic E-state index is 13.7. The van der Waals surface area contributed by atoms with Crippen LogP contribution < -0.4 is 20.1 Å². The molecule has 0 saturated carbocycles. The van der Waals surface area contributed by atoms with Gasteiger partial charge in [-0.25, -0.2) is 4.39 Å². The van der Waals surface area contributed by atoms with Gasteiger partial charge in [-0.2, -0.15) is 0 Å². The lowest BCUT2D eigenvalue weighted by atomic mass is 10.1. The summed E-state index contributed by atoms with van der Waals surface area (Å²) in [6.07, 6.45) is 3.62. The van der Waals surface area contributed by atoms with Crippen molar-refractivity contribution in [2.75, 3.05) is 31.4 Å². The van der Waals surface area contributed by atoms with Crippen molar-refractivity contribution >= 4 is 17.3 Å². The Balaban J connectivity index is 1.64. The maximum atomic E-state index is 13.7. The van der Waals surface area contributed by atoms with Crippen molar-refractivity contribution in [2.45, 2.75) is 6.42 Å². The van der Waals surface area contributed by atoms with Crippen molar-refractivity contribution in [3.8, 4) is 11.5 Å². The van der Waals surface area contributed by atoms with Crippen molar-refractivity contribution in [1.29, 1.82) is 0 Å². The second kappa shape index (κ2) is 9.54. The van der Waals surface area contributed by atoms with Gasteiger partial charge in [0.15, 0.2) is 0 Å². The normalized spacial score (nSPS) is 10.3. The number of rotatable bonds is 8. The highest BCUT2D eigenvalue weighted by atomic mass is 19.1. The van der Waals surface area contributed by atoms with Crippen LogP contribution in [0.25, 0.3) is 0 Å². The minimum Gasteiger partial charge on any atom is -0.497 e. The van der Waals surface area contributed by atoms with Crippen LogP contribution in [0.5, 0.6) is 11.5 Å². The zero-order valence-corrected chi connectivity index (χ0v) is 16.2. The number of carbonyl (C=O) groups is 1. The summed E-state index contributed by atoms with van der Waals surface area (Å²) in [5.41, 5.74) is 2.22. The van der Waals surface area contributed by atoms with E-state index in [0.29, 0.717) is 47.0 Å². The fourth-order valence-electron chi connectivity index (χ4n) is 2.80. The topological polar surface area (TPSA) is 72.5 Å². The minimum absolute atomic E-state index is 0.228. The van der Waals surface area contributed by atoms with Crippen LogP contribution in [-0.4, -0.2) is 31.7 Å². The monoisotopic (exact) mass is 395 g/mol. The van der Waals surface area contributed by atoms with Crippen molar-refractivity contribution in [1.82, 2.24) is 4.98 Å². The molecule has 2 aromatic carbocycles. The van der Waals surface area contributed by atoms with Crippen LogP contribution in [0.15, 0.2) is 60.9 Å². The SMILES string of the molecule is COc1ccc(NC(=O)c2cncc(NCCc3ccccc3F)c2)c(OC)c1. The van der Waals surface area contributed by atoms with Gasteiger partial charge in [-0.05, 0) is 36.2 Å². The Morgan fingerprint density at radius 2 is 1.90 bits per heavy atom. The van der Waals surface area contributed by atoms with Crippen molar-refractivity contribution in [3.05, 3.63) is 77.9 Å². The molecule has 1 heterocycles. The van der Waals surface area contributed by atoms with E-state index in [1.807, 2.05) is 0 Å². The number of ether oxygens (including phenoxy) is 2. The van der Waals surface area contributed by atoms with Gasteiger partial charge in [0.05, 0.1) is 31.2 Å². The highest BCUT2D eigenvalue weighted by molar-refractivity contribution is 6.05. The molecule has 150 valence electrons. The Bertz CT molecular complexity index is 995. The Morgan fingerprint density at radius 1 is 1.07 bits per heavy atom. The average molecular weight is 395 g/mol. The Hall–Kier alpha value is -3.61. The molecule has 29 heavy (non-hydrogen) atoms. The molecule has 0 aliphatic heterocycles. The maximum Gasteiger partial charge on any atom is 0.257 e. The molecule has 0 atom stereocenters. The number of methoxy groups -OCH3 is 2. The predicted molar refractivity (Wildman–Crippen MR) is 110 cm³/mol. The first-order valence-electron chi connectivity index (χ1n) is 9.06. The number of anilines is 2. The molecule has 0 bridgehead atoms. The smallest absolute Gasteiger partial charge is 0.257 e. The van der Waals surface area contributed by atoms with Gasteiger partial charge in [0, 0.05) is 25.0 Å². The molecule has 0 unspecified atom stereocenters. The van der Waals surface area contributed by atoms with Gasteiger partial charge in [-0.1, -0.05) is 18.2 Å². The molecule has 7 heteroatoms. The summed E-state index contributed by atoms with van der Waals surface area (Å²) in [4.78, 5) is 16.7. The summed E-state index contributed by atoms with van der Waals surface area (Å²) in [6.45, 7) is 0.514. The Labute approximate surface area is 168 Å². The number of halogens is 1. The van der Waals surface area contributed by atoms with E-state index < -0.39 is 0 Å². The fraction of sp³-hybridized carbons (Fsp3) is 0.182. The standard InChI is InChI=1S/C22H22FN3O3/c1-28-18-7-8-20(21(12-18)29-2)26-22(27)16-11-17(14-24-13-16)25-10-9-15-5-3-4-6-19(15)23/h3-8,11-14,25H,9-10H2,1-2H3,(H,26,27). The van der Waals surface area contributed by atoms with Gasteiger partial charge in [-0.3, -0.25) is 9.78 Å². The summed E-state index contributed by atoms with van der Waals surface area (Å²) in [6, 6.07) is 13.5. The number of benzene rings is 2. The molecule has 0 fully saturated rings. The van der Waals surface area contributed by atoms with Crippen molar-refractivity contribution in [2.24, 2.45) is 0 Å². The van der Waals surface area contributed by atoms with Crippen LogP contribution in [0.4, 0.5) is 15.8 Å². The van der Waals surface area contributed by atoms with Crippen molar-refractivity contribution in [3.63, 3.8) is 0 Å². The average Bonchev–Trinajstić information content (AvgIpc) is 2.75. The van der Waals surface area contributed by atoms with E-state index in [0.717, 1.165) is 0 Å². The number of carbonyl (C=O) groups excluding carboxylic acids is 1. The third-order valence-corrected chi connectivity index (χ3v) is 4.34. The number of amides is 1. The van der Waals surface area contributed by atoms with Crippen LogP contribution in [-0.2, 0) is 6.42 Å². The first-order chi connectivity index (χ1) is 14.1. The van der Waals surface area contributed by atoms with Gasteiger partial charge in [0.2, 0.25) is 0 Å². The molecule has 1 amide bonds.